The van der Waals surface area contributed by atoms with Crippen LogP contribution in [0, 0.1) is 13.8 Å². The van der Waals surface area contributed by atoms with Gasteiger partial charge in [-0.3, -0.25) is 14.4 Å². The van der Waals surface area contributed by atoms with Gasteiger partial charge in [-0.2, -0.15) is 0 Å². The summed E-state index contributed by atoms with van der Waals surface area (Å²) in [5.74, 6) is -1.34. The lowest BCUT2D eigenvalue weighted by Gasteiger charge is -2.14. The molecule has 1 aliphatic heterocycles. The van der Waals surface area contributed by atoms with Crippen LogP contribution in [0.3, 0.4) is 0 Å². The Hall–Kier alpha value is -4.39. The number of carbonyl (C=O) groups is 3. The minimum Gasteiger partial charge on any atom is -0.322 e. The Labute approximate surface area is 183 Å². The fraction of sp³-hybridized carbons (Fsp3) is 0.0800. The second kappa shape index (κ2) is 7.39. The van der Waals surface area contributed by atoms with Crippen LogP contribution >= 0.6 is 0 Å². The van der Waals surface area contributed by atoms with Gasteiger partial charge in [-0.1, -0.05) is 18.2 Å². The van der Waals surface area contributed by atoms with Crippen LogP contribution in [0.2, 0.25) is 0 Å². The van der Waals surface area contributed by atoms with Crippen LogP contribution in [0.1, 0.15) is 42.5 Å². The standard InChI is InChI=1S/C25H18N4O3/c1-14-7-10-17(13-15(14)2)26-23(30)16-8-11-18(12-9-16)29-24(31)21-22(25(29)32)28-20-6-4-3-5-19(20)27-21/h3-13H,1-2H3,(H,26,30). The van der Waals surface area contributed by atoms with E-state index in [2.05, 4.69) is 15.3 Å². The number of aryl methyl sites for hydroxylation is 2. The number of carbonyl (C=O) groups excluding carboxylic acids is 3. The third-order valence-corrected chi connectivity index (χ3v) is 5.53. The van der Waals surface area contributed by atoms with Gasteiger partial charge in [0.1, 0.15) is 0 Å². The summed E-state index contributed by atoms with van der Waals surface area (Å²) in [6.07, 6.45) is 0. The van der Waals surface area contributed by atoms with Crippen molar-refractivity contribution in [2.45, 2.75) is 13.8 Å². The predicted molar refractivity (Wildman–Crippen MR) is 121 cm³/mol. The number of aromatic nitrogens is 2. The molecule has 1 aromatic heterocycles. The molecule has 7 nitrogen and oxygen atoms in total. The molecule has 1 N–H and O–H groups in total. The first kappa shape index (κ1) is 19.6. The Morgan fingerprint density at radius 3 is 1.94 bits per heavy atom. The zero-order chi connectivity index (χ0) is 22.4. The zero-order valence-corrected chi connectivity index (χ0v) is 17.4. The largest absolute Gasteiger partial charge is 0.322 e. The Bertz CT molecular complexity index is 1370. The molecule has 0 spiro atoms. The molecule has 0 bridgehead atoms. The van der Waals surface area contributed by atoms with Crippen molar-refractivity contribution in [2.24, 2.45) is 0 Å². The number of para-hydroxylation sites is 2. The summed E-state index contributed by atoms with van der Waals surface area (Å²) in [6, 6.07) is 19.1. The van der Waals surface area contributed by atoms with Gasteiger partial charge in [0.2, 0.25) is 0 Å². The molecule has 5 rings (SSSR count). The number of rotatable bonds is 3. The van der Waals surface area contributed by atoms with Gasteiger partial charge < -0.3 is 5.32 Å². The van der Waals surface area contributed by atoms with E-state index in [9.17, 15) is 14.4 Å². The van der Waals surface area contributed by atoms with Gasteiger partial charge in [-0.15, -0.1) is 0 Å². The van der Waals surface area contributed by atoms with Crippen molar-refractivity contribution in [3.05, 3.63) is 94.8 Å². The fourth-order valence-electron chi connectivity index (χ4n) is 3.62. The normalized spacial score (nSPS) is 12.9. The highest BCUT2D eigenvalue weighted by Crippen LogP contribution is 2.28. The number of benzene rings is 3. The van der Waals surface area contributed by atoms with Crippen LogP contribution in [0.15, 0.2) is 66.7 Å². The summed E-state index contributed by atoms with van der Waals surface area (Å²) in [6.45, 7) is 3.99. The van der Waals surface area contributed by atoms with Gasteiger partial charge in [0.05, 0.1) is 16.7 Å². The average molecular weight is 422 g/mol. The van der Waals surface area contributed by atoms with Gasteiger partial charge in [0, 0.05) is 11.3 Å². The van der Waals surface area contributed by atoms with Crippen molar-refractivity contribution in [3.63, 3.8) is 0 Å². The minimum absolute atomic E-state index is 0.0326. The summed E-state index contributed by atoms with van der Waals surface area (Å²) < 4.78 is 0. The molecule has 7 heteroatoms. The molecule has 4 aromatic rings. The van der Waals surface area contributed by atoms with Crippen LogP contribution in [-0.4, -0.2) is 27.7 Å². The first-order valence-corrected chi connectivity index (χ1v) is 10.1. The zero-order valence-electron chi connectivity index (χ0n) is 17.4. The number of anilines is 2. The highest BCUT2D eigenvalue weighted by Gasteiger charge is 2.40. The fourth-order valence-corrected chi connectivity index (χ4v) is 3.62. The molecule has 0 saturated carbocycles. The van der Waals surface area contributed by atoms with E-state index in [4.69, 9.17) is 0 Å². The van der Waals surface area contributed by atoms with Crippen LogP contribution in [-0.2, 0) is 0 Å². The van der Waals surface area contributed by atoms with Crippen molar-refractivity contribution in [3.8, 4) is 0 Å². The van der Waals surface area contributed by atoms with Gasteiger partial charge in [-0.05, 0) is 73.5 Å². The van der Waals surface area contributed by atoms with Gasteiger partial charge in [0.25, 0.3) is 17.7 Å². The molecule has 0 radical (unpaired) electrons. The third-order valence-electron chi connectivity index (χ3n) is 5.53. The lowest BCUT2D eigenvalue weighted by atomic mass is 10.1. The number of amides is 3. The molecule has 1 aliphatic rings. The Morgan fingerprint density at radius 1 is 0.781 bits per heavy atom. The highest BCUT2D eigenvalue weighted by atomic mass is 16.2. The lowest BCUT2D eigenvalue weighted by molar-refractivity contribution is 0.0922. The average Bonchev–Trinajstić information content (AvgIpc) is 3.04. The maximum Gasteiger partial charge on any atom is 0.286 e. The summed E-state index contributed by atoms with van der Waals surface area (Å²) in [7, 11) is 0. The summed E-state index contributed by atoms with van der Waals surface area (Å²) in [5, 5.41) is 2.86. The smallest absolute Gasteiger partial charge is 0.286 e. The van der Waals surface area contributed by atoms with E-state index < -0.39 is 11.8 Å². The summed E-state index contributed by atoms with van der Waals surface area (Å²) in [4.78, 5) is 48.1. The van der Waals surface area contributed by atoms with E-state index in [1.807, 2.05) is 32.0 Å². The second-order valence-corrected chi connectivity index (χ2v) is 7.66. The molecule has 0 aliphatic carbocycles. The number of nitrogens with zero attached hydrogens (tertiary/aromatic N) is 3. The van der Waals surface area contributed by atoms with Crippen molar-refractivity contribution < 1.29 is 14.4 Å². The molecule has 0 atom stereocenters. The van der Waals surface area contributed by atoms with Gasteiger partial charge in [-0.25, -0.2) is 14.9 Å². The van der Waals surface area contributed by atoms with Crippen molar-refractivity contribution in [2.75, 3.05) is 10.2 Å². The number of imide groups is 1. The van der Waals surface area contributed by atoms with Gasteiger partial charge in [0.15, 0.2) is 11.4 Å². The molecule has 0 unspecified atom stereocenters. The molecule has 3 aromatic carbocycles. The minimum atomic E-state index is -0.532. The molecular formula is C25H18N4O3. The summed E-state index contributed by atoms with van der Waals surface area (Å²) >= 11 is 0. The summed E-state index contributed by atoms with van der Waals surface area (Å²) in [5.41, 5.74) is 4.85. The van der Waals surface area contributed by atoms with Crippen LogP contribution in [0.5, 0.6) is 0 Å². The van der Waals surface area contributed by atoms with Crippen LogP contribution in [0.25, 0.3) is 11.0 Å². The highest BCUT2D eigenvalue weighted by molar-refractivity contribution is 6.33. The number of fused-ring (bicyclic) bond motifs is 2. The van der Waals surface area contributed by atoms with Crippen LogP contribution < -0.4 is 10.2 Å². The van der Waals surface area contributed by atoms with Crippen LogP contribution in [0.4, 0.5) is 11.4 Å². The molecule has 32 heavy (non-hydrogen) atoms. The van der Waals surface area contributed by atoms with E-state index in [1.54, 1.807) is 48.5 Å². The molecule has 0 fully saturated rings. The quantitative estimate of drug-likeness (QED) is 0.497. The Kier molecular flexibility index (Phi) is 4.52. The number of hydrogen-bond donors (Lipinski definition) is 1. The maximum atomic E-state index is 12.9. The molecule has 0 saturated heterocycles. The van der Waals surface area contributed by atoms with E-state index in [0.29, 0.717) is 28.0 Å². The van der Waals surface area contributed by atoms with Crippen molar-refractivity contribution in [1.29, 1.82) is 0 Å². The number of hydrogen-bond acceptors (Lipinski definition) is 5. The van der Waals surface area contributed by atoms with Crippen molar-refractivity contribution in [1.82, 2.24) is 9.97 Å². The monoisotopic (exact) mass is 422 g/mol. The van der Waals surface area contributed by atoms with Gasteiger partial charge >= 0.3 is 0 Å². The first-order chi connectivity index (χ1) is 15.4. The van der Waals surface area contributed by atoms with Crippen molar-refractivity contribution >= 4 is 40.1 Å². The van der Waals surface area contributed by atoms with E-state index >= 15 is 0 Å². The Morgan fingerprint density at radius 2 is 1.38 bits per heavy atom. The maximum absolute atomic E-state index is 12.9. The molecule has 2 heterocycles. The lowest BCUT2D eigenvalue weighted by Crippen LogP contribution is -2.29. The van der Waals surface area contributed by atoms with E-state index in [-0.39, 0.29) is 17.3 Å². The SMILES string of the molecule is Cc1ccc(NC(=O)c2ccc(N3C(=O)c4nc5ccccc5nc4C3=O)cc2)cc1C. The first-order valence-electron chi connectivity index (χ1n) is 10.1. The second-order valence-electron chi connectivity index (χ2n) is 7.66. The Balaban J connectivity index is 1.40. The van der Waals surface area contributed by atoms with E-state index in [1.165, 1.54) is 0 Å². The topological polar surface area (TPSA) is 92.3 Å². The molecule has 3 amide bonds. The van der Waals surface area contributed by atoms with E-state index in [0.717, 1.165) is 16.0 Å². The molecule has 156 valence electrons. The predicted octanol–water partition coefficient (Wildman–Crippen LogP) is 4.30. The third kappa shape index (κ3) is 3.20. The molecular weight excluding hydrogens is 404 g/mol. The number of nitrogens with one attached hydrogen (secondary N) is 1.